The van der Waals surface area contributed by atoms with Crippen LogP contribution in [0.15, 0.2) is 0 Å². The summed E-state index contributed by atoms with van der Waals surface area (Å²) >= 11 is 0. The molecule has 2 heteroatoms. The lowest BCUT2D eigenvalue weighted by atomic mass is 9.65. The second-order valence-electron chi connectivity index (χ2n) is 4.80. The summed E-state index contributed by atoms with van der Waals surface area (Å²) in [7, 11) is 0. The average molecular weight is 184 g/mol. The van der Waals surface area contributed by atoms with E-state index >= 15 is 0 Å². The highest BCUT2D eigenvalue weighted by molar-refractivity contribution is 4.95. The number of hydrogen-bond donors (Lipinski definition) is 1. The minimum absolute atomic E-state index is 0.317. The SMILES string of the molecule is CC1CCC1(O)CC1CCOCC1. The van der Waals surface area contributed by atoms with Crippen LogP contribution in [0, 0.1) is 11.8 Å². The highest BCUT2D eigenvalue weighted by Crippen LogP contribution is 2.43. The maximum absolute atomic E-state index is 10.2. The Labute approximate surface area is 80.3 Å². The predicted molar refractivity (Wildman–Crippen MR) is 51.5 cm³/mol. The van der Waals surface area contributed by atoms with Crippen LogP contribution >= 0.6 is 0 Å². The lowest BCUT2D eigenvalue weighted by molar-refractivity contribution is -0.110. The van der Waals surface area contributed by atoms with Crippen LogP contribution in [0.2, 0.25) is 0 Å². The van der Waals surface area contributed by atoms with E-state index in [0.717, 1.165) is 38.9 Å². The molecule has 13 heavy (non-hydrogen) atoms. The Morgan fingerprint density at radius 3 is 2.46 bits per heavy atom. The second-order valence-corrected chi connectivity index (χ2v) is 4.80. The Balaban J connectivity index is 1.82. The Morgan fingerprint density at radius 2 is 2.00 bits per heavy atom. The third-order valence-corrected chi connectivity index (χ3v) is 3.91. The molecule has 2 fully saturated rings. The molecule has 0 aromatic heterocycles. The van der Waals surface area contributed by atoms with E-state index in [1.165, 1.54) is 6.42 Å². The van der Waals surface area contributed by atoms with Crippen LogP contribution in [0.25, 0.3) is 0 Å². The Bertz CT molecular complexity index is 175. The van der Waals surface area contributed by atoms with Gasteiger partial charge in [0.05, 0.1) is 5.60 Å². The van der Waals surface area contributed by atoms with Gasteiger partial charge in [0.1, 0.15) is 0 Å². The van der Waals surface area contributed by atoms with E-state index in [-0.39, 0.29) is 5.60 Å². The van der Waals surface area contributed by atoms with E-state index in [4.69, 9.17) is 4.74 Å². The van der Waals surface area contributed by atoms with E-state index < -0.39 is 0 Å². The van der Waals surface area contributed by atoms with Gasteiger partial charge in [0.15, 0.2) is 0 Å². The van der Waals surface area contributed by atoms with Crippen molar-refractivity contribution in [1.29, 1.82) is 0 Å². The van der Waals surface area contributed by atoms with Gasteiger partial charge in [-0.3, -0.25) is 0 Å². The number of ether oxygens (including phenoxy) is 1. The van der Waals surface area contributed by atoms with Crippen LogP contribution in [-0.2, 0) is 4.74 Å². The molecular formula is C11H20O2. The van der Waals surface area contributed by atoms with Crippen LogP contribution in [0.5, 0.6) is 0 Å². The molecule has 1 heterocycles. The van der Waals surface area contributed by atoms with E-state index in [2.05, 4.69) is 6.92 Å². The maximum atomic E-state index is 10.2. The molecule has 1 N–H and O–H groups in total. The van der Waals surface area contributed by atoms with Crippen molar-refractivity contribution in [2.75, 3.05) is 13.2 Å². The molecular weight excluding hydrogens is 164 g/mol. The number of hydrogen-bond acceptors (Lipinski definition) is 2. The predicted octanol–water partition coefficient (Wildman–Crippen LogP) is 1.96. The molecule has 2 unspecified atom stereocenters. The van der Waals surface area contributed by atoms with Crippen molar-refractivity contribution in [3.05, 3.63) is 0 Å². The lowest BCUT2D eigenvalue weighted by Crippen LogP contribution is -2.47. The first-order chi connectivity index (χ1) is 6.21. The molecule has 1 aliphatic carbocycles. The first-order valence-electron chi connectivity index (χ1n) is 5.51. The van der Waals surface area contributed by atoms with Gasteiger partial charge in [-0.25, -0.2) is 0 Å². The van der Waals surface area contributed by atoms with Crippen LogP contribution in [0.1, 0.15) is 39.0 Å². The van der Waals surface area contributed by atoms with Crippen LogP contribution in [0.4, 0.5) is 0 Å². The van der Waals surface area contributed by atoms with Gasteiger partial charge in [-0.15, -0.1) is 0 Å². The molecule has 0 amide bonds. The molecule has 2 aliphatic rings. The third kappa shape index (κ3) is 1.89. The van der Waals surface area contributed by atoms with Gasteiger partial charge in [-0.05, 0) is 43.9 Å². The van der Waals surface area contributed by atoms with Gasteiger partial charge in [-0.1, -0.05) is 6.92 Å². The molecule has 0 spiro atoms. The molecule has 1 saturated heterocycles. The summed E-state index contributed by atoms with van der Waals surface area (Å²) in [6.07, 6.45) is 5.53. The number of aliphatic hydroxyl groups is 1. The largest absolute Gasteiger partial charge is 0.390 e. The molecule has 0 aromatic carbocycles. The van der Waals surface area contributed by atoms with Crippen LogP contribution in [0.3, 0.4) is 0 Å². The quantitative estimate of drug-likeness (QED) is 0.711. The third-order valence-electron chi connectivity index (χ3n) is 3.91. The first-order valence-corrected chi connectivity index (χ1v) is 5.51. The van der Waals surface area contributed by atoms with E-state index in [9.17, 15) is 5.11 Å². The molecule has 76 valence electrons. The van der Waals surface area contributed by atoms with E-state index in [0.29, 0.717) is 11.8 Å². The van der Waals surface area contributed by atoms with E-state index in [1.54, 1.807) is 0 Å². The minimum atomic E-state index is -0.317. The maximum Gasteiger partial charge on any atom is 0.0676 e. The summed E-state index contributed by atoms with van der Waals surface area (Å²) in [5.41, 5.74) is -0.317. The molecule has 1 aliphatic heterocycles. The summed E-state index contributed by atoms with van der Waals surface area (Å²) < 4.78 is 5.31. The van der Waals surface area contributed by atoms with Crippen molar-refractivity contribution in [2.45, 2.75) is 44.6 Å². The van der Waals surface area contributed by atoms with Crippen molar-refractivity contribution in [1.82, 2.24) is 0 Å². The lowest BCUT2D eigenvalue weighted by Gasteiger charge is -2.46. The molecule has 0 radical (unpaired) electrons. The zero-order valence-corrected chi connectivity index (χ0v) is 8.46. The fourth-order valence-electron chi connectivity index (χ4n) is 2.52. The molecule has 0 bridgehead atoms. The van der Waals surface area contributed by atoms with Gasteiger partial charge < -0.3 is 9.84 Å². The molecule has 2 nitrogen and oxygen atoms in total. The monoisotopic (exact) mass is 184 g/mol. The number of rotatable bonds is 2. The van der Waals surface area contributed by atoms with Crippen molar-refractivity contribution < 1.29 is 9.84 Å². The van der Waals surface area contributed by atoms with Gasteiger partial charge in [0.2, 0.25) is 0 Å². The zero-order valence-electron chi connectivity index (χ0n) is 8.46. The molecule has 2 atom stereocenters. The van der Waals surface area contributed by atoms with Crippen molar-refractivity contribution in [3.8, 4) is 0 Å². The first kappa shape index (κ1) is 9.47. The Hall–Kier alpha value is -0.0800. The fourth-order valence-corrected chi connectivity index (χ4v) is 2.52. The standard InChI is InChI=1S/C11H20O2/c1-9-2-5-11(9,12)8-10-3-6-13-7-4-10/h9-10,12H,2-8H2,1H3. The van der Waals surface area contributed by atoms with E-state index in [1.807, 2.05) is 0 Å². The average Bonchev–Trinajstić information content (AvgIpc) is 2.17. The summed E-state index contributed by atoms with van der Waals surface area (Å²) in [5, 5.41) is 10.2. The van der Waals surface area contributed by atoms with Crippen molar-refractivity contribution in [3.63, 3.8) is 0 Å². The van der Waals surface area contributed by atoms with Gasteiger partial charge in [0.25, 0.3) is 0 Å². The van der Waals surface area contributed by atoms with Crippen LogP contribution < -0.4 is 0 Å². The fraction of sp³-hybridized carbons (Fsp3) is 1.00. The van der Waals surface area contributed by atoms with Gasteiger partial charge in [0, 0.05) is 13.2 Å². The van der Waals surface area contributed by atoms with Gasteiger partial charge in [-0.2, -0.15) is 0 Å². The normalized spacial score (nSPS) is 41.5. The van der Waals surface area contributed by atoms with Gasteiger partial charge >= 0.3 is 0 Å². The highest BCUT2D eigenvalue weighted by atomic mass is 16.5. The van der Waals surface area contributed by atoms with Crippen molar-refractivity contribution in [2.24, 2.45) is 11.8 Å². The smallest absolute Gasteiger partial charge is 0.0676 e. The minimum Gasteiger partial charge on any atom is -0.390 e. The highest BCUT2D eigenvalue weighted by Gasteiger charge is 2.43. The molecule has 0 aromatic rings. The van der Waals surface area contributed by atoms with Crippen molar-refractivity contribution >= 4 is 0 Å². The Morgan fingerprint density at radius 1 is 1.31 bits per heavy atom. The zero-order chi connectivity index (χ0) is 9.31. The summed E-state index contributed by atoms with van der Waals surface area (Å²) in [6, 6.07) is 0. The van der Waals surface area contributed by atoms with Crippen LogP contribution in [-0.4, -0.2) is 23.9 Å². The topological polar surface area (TPSA) is 29.5 Å². The molecule has 1 saturated carbocycles. The molecule has 2 rings (SSSR count). The summed E-state index contributed by atoms with van der Waals surface area (Å²) in [6.45, 7) is 3.97. The second kappa shape index (κ2) is 3.58. The Kier molecular flexibility index (Phi) is 2.61. The summed E-state index contributed by atoms with van der Waals surface area (Å²) in [4.78, 5) is 0. The summed E-state index contributed by atoms with van der Waals surface area (Å²) in [5.74, 6) is 1.23.